The van der Waals surface area contributed by atoms with Gasteiger partial charge in [-0.1, -0.05) is 0 Å². The van der Waals surface area contributed by atoms with Crippen molar-refractivity contribution in [3.05, 3.63) is 29.9 Å². The zero-order valence-corrected chi connectivity index (χ0v) is 5.15. The van der Waals surface area contributed by atoms with Crippen LogP contribution in [0.1, 0.15) is 16.1 Å². The predicted molar refractivity (Wildman–Crippen MR) is 35.8 cm³/mol. The molecule has 0 atom stereocenters. The van der Waals surface area contributed by atoms with Crippen LogP contribution in [-0.2, 0) is 0 Å². The lowest BCUT2D eigenvalue weighted by molar-refractivity contribution is 0.112. The average molecular weight is 138 g/mol. The van der Waals surface area contributed by atoms with Crippen molar-refractivity contribution in [2.45, 2.75) is 0 Å². The van der Waals surface area contributed by atoms with Gasteiger partial charge in [-0.3, -0.25) is 4.79 Å². The second-order valence-electron chi connectivity index (χ2n) is 1.67. The van der Waals surface area contributed by atoms with Gasteiger partial charge in [0.1, 0.15) is 5.76 Å². The van der Waals surface area contributed by atoms with Gasteiger partial charge in [0.25, 0.3) is 0 Å². The molecule has 0 radical (unpaired) electrons. The molecule has 0 fully saturated rings. The van der Waals surface area contributed by atoms with Gasteiger partial charge >= 0.3 is 0 Å². The van der Waals surface area contributed by atoms with Crippen molar-refractivity contribution in [2.75, 3.05) is 0 Å². The van der Waals surface area contributed by atoms with Crippen molar-refractivity contribution in [1.29, 1.82) is 0 Å². The molecule has 0 bridgehead atoms. The van der Waals surface area contributed by atoms with E-state index in [9.17, 15) is 4.79 Å². The van der Waals surface area contributed by atoms with E-state index in [-0.39, 0.29) is 0 Å². The van der Waals surface area contributed by atoms with Gasteiger partial charge in [0.15, 0.2) is 6.29 Å². The summed E-state index contributed by atoms with van der Waals surface area (Å²) in [5.41, 5.74) is 0.435. The molecule has 0 saturated carbocycles. The van der Waals surface area contributed by atoms with Gasteiger partial charge in [-0.05, 0) is 6.07 Å². The first-order chi connectivity index (χ1) is 4.88. The highest BCUT2D eigenvalue weighted by molar-refractivity contribution is 5.79. The number of rotatable bonds is 2. The van der Waals surface area contributed by atoms with Gasteiger partial charge < -0.3 is 9.52 Å². The van der Waals surface area contributed by atoms with Crippen LogP contribution in [0.4, 0.5) is 0 Å². The molecule has 1 aromatic heterocycles. The highest BCUT2D eigenvalue weighted by Crippen LogP contribution is 2.08. The molecule has 0 aliphatic rings. The lowest BCUT2D eigenvalue weighted by atomic mass is 10.3. The number of aliphatic hydroxyl groups excluding tert-OH is 1. The van der Waals surface area contributed by atoms with Crippen molar-refractivity contribution < 1.29 is 14.3 Å². The topological polar surface area (TPSA) is 50.4 Å². The van der Waals surface area contributed by atoms with Gasteiger partial charge in [-0.2, -0.15) is 0 Å². The van der Waals surface area contributed by atoms with Crippen LogP contribution in [0.3, 0.4) is 0 Å². The van der Waals surface area contributed by atoms with Crippen molar-refractivity contribution >= 4 is 12.4 Å². The molecule has 1 N–H and O–H groups in total. The molecule has 0 saturated heterocycles. The minimum absolute atomic E-state index is 0.373. The predicted octanol–water partition coefficient (Wildman–Crippen LogP) is 1.62. The third-order valence-corrected chi connectivity index (χ3v) is 1.08. The second kappa shape index (κ2) is 2.87. The third kappa shape index (κ3) is 1.07. The second-order valence-corrected chi connectivity index (χ2v) is 1.67. The van der Waals surface area contributed by atoms with Crippen molar-refractivity contribution in [2.24, 2.45) is 0 Å². The lowest BCUT2D eigenvalue weighted by Crippen LogP contribution is -1.76. The molecule has 0 aromatic carbocycles. The average Bonchev–Trinajstić information content (AvgIpc) is 2.36. The molecule has 0 aliphatic carbocycles. The van der Waals surface area contributed by atoms with Gasteiger partial charge in [0.2, 0.25) is 0 Å². The summed E-state index contributed by atoms with van der Waals surface area (Å²) in [6.07, 6.45) is 4.19. The Morgan fingerprint density at radius 2 is 2.40 bits per heavy atom. The smallest absolute Gasteiger partial charge is 0.153 e. The number of aliphatic hydroxyl groups is 1. The number of aldehydes is 1. The Balaban J connectivity index is 3.00. The molecule has 0 spiro atoms. The molecular formula is C7H6O3. The van der Waals surface area contributed by atoms with Crippen LogP contribution in [0.15, 0.2) is 23.0 Å². The molecule has 10 heavy (non-hydrogen) atoms. The van der Waals surface area contributed by atoms with Gasteiger partial charge in [0.05, 0.1) is 18.1 Å². The van der Waals surface area contributed by atoms with Crippen LogP contribution in [0.5, 0.6) is 0 Å². The maximum atomic E-state index is 10.2. The highest BCUT2D eigenvalue weighted by Gasteiger charge is 1.99. The summed E-state index contributed by atoms with van der Waals surface area (Å²) in [5.74, 6) is 0.373. The van der Waals surface area contributed by atoms with Gasteiger partial charge in [-0.15, -0.1) is 0 Å². The highest BCUT2D eigenvalue weighted by atomic mass is 16.3. The van der Waals surface area contributed by atoms with Crippen molar-refractivity contribution in [1.82, 2.24) is 0 Å². The van der Waals surface area contributed by atoms with E-state index in [2.05, 4.69) is 0 Å². The van der Waals surface area contributed by atoms with E-state index in [1.807, 2.05) is 0 Å². The number of carbonyl (C=O) groups excluding carboxylic acids is 1. The van der Waals surface area contributed by atoms with Crippen LogP contribution >= 0.6 is 0 Å². The van der Waals surface area contributed by atoms with Gasteiger partial charge in [-0.25, -0.2) is 0 Å². The van der Waals surface area contributed by atoms with E-state index in [1.165, 1.54) is 18.4 Å². The fourth-order valence-corrected chi connectivity index (χ4v) is 0.631. The van der Waals surface area contributed by atoms with E-state index in [0.717, 1.165) is 6.26 Å². The summed E-state index contributed by atoms with van der Waals surface area (Å²) in [6.45, 7) is 0. The fraction of sp³-hybridized carbons (Fsp3) is 0. The summed E-state index contributed by atoms with van der Waals surface area (Å²) in [6, 6.07) is 1.53. The maximum absolute atomic E-state index is 10.2. The molecule has 1 rings (SSSR count). The molecule has 3 nitrogen and oxygen atoms in total. The number of hydrogen-bond acceptors (Lipinski definition) is 3. The standard InChI is InChI=1S/C7H6O3/c8-3-1-7-6(5-9)2-4-10-7/h1-5,8H. The van der Waals surface area contributed by atoms with E-state index < -0.39 is 0 Å². The SMILES string of the molecule is O=Cc1ccoc1C=CO. The van der Waals surface area contributed by atoms with Crippen LogP contribution < -0.4 is 0 Å². The Morgan fingerprint density at radius 3 is 3.00 bits per heavy atom. The first kappa shape index (κ1) is 6.61. The van der Waals surface area contributed by atoms with Crippen molar-refractivity contribution in [3.63, 3.8) is 0 Å². The van der Waals surface area contributed by atoms with Crippen LogP contribution in [0.2, 0.25) is 0 Å². The van der Waals surface area contributed by atoms with E-state index in [1.54, 1.807) is 0 Å². The minimum atomic E-state index is 0.373. The van der Waals surface area contributed by atoms with Gasteiger partial charge in [0, 0.05) is 6.08 Å². The van der Waals surface area contributed by atoms with E-state index in [0.29, 0.717) is 17.6 Å². The van der Waals surface area contributed by atoms with Crippen molar-refractivity contribution in [3.8, 4) is 0 Å². The maximum Gasteiger partial charge on any atom is 0.153 e. The zero-order valence-electron chi connectivity index (χ0n) is 5.15. The molecule has 3 heteroatoms. The van der Waals surface area contributed by atoms with Crippen LogP contribution in [0.25, 0.3) is 6.08 Å². The summed E-state index contributed by atoms with van der Waals surface area (Å²) in [5, 5.41) is 8.30. The Labute approximate surface area is 57.6 Å². The first-order valence-corrected chi connectivity index (χ1v) is 2.72. The van der Waals surface area contributed by atoms with Crippen LogP contribution in [0, 0.1) is 0 Å². The quantitative estimate of drug-likeness (QED) is 0.499. The van der Waals surface area contributed by atoms with E-state index >= 15 is 0 Å². The largest absolute Gasteiger partial charge is 0.515 e. The summed E-state index contributed by atoms with van der Waals surface area (Å²) >= 11 is 0. The number of furan rings is 1. The molecule has 0 amide bonds. The molecule has 1 heterocycles. The monoisotopic (exact) mass is 138 g/mol. The Kier molecular flexibility index (Phi) is 1.89. The Hall–Kier alpha value is -1.51. The molecule has 1 aromatic rings. The normalized spacial score (nSPS) is 10.4. The summed E-state index contributed by atoms with van der Waals surface area (Å²) in [4.78, 5) is 10.2. The molecule has 0 aliphatic heterocycles. The molecular weight excluding hydrogens is 132 g/mol. The lowest BCUT2D eigenvalue weighted by Gasteiger charge is -1.82. The third-order valence-electron chi connectivity index (χ3n) is 1.08. The van der Waals surface area contributed by atoms with Crippen LogP contribution in [-0.4, -0.2) is 11.4 Å². The zero-order chi connectivity index (χ0) is 7.40. The first-order valence-electron chi connectivity index (χ1n) is 2.72. The summed E-state index contributed by atoms with van der Waals surface area (Å²) < 4.78 is 4.82. The Bertz CT molecular complexity index is 247. The summed E-state index contributed by atoms with van der Waals surface area (Å²) in [7, 11) is 0. The molecule has 0 unspecified atom stereocenters. The number of carbonyl (C=O) groups is 1. The molecule has 52 valence electrons. The minimum Gasteiger partial charge on any atom is -0.515 e. The van der Waals surface area contributed by atoms with E-state index in [4.69, 9.17) is 9.52 Å². The Morgan fingerprint density at radius 1 is 1.60 bits per heavy atom. The number of hydrogen-bond donors (Lipinski definition) is 1. The fourth-order valence-electron chi connectivity index (χ4n) is 0.631.